The molecule has 0 aliphatic carbocycles. The van der Waals surface area contributed by atoms with Crippen LogP contribution < -0.4 is 10.3 Å². The number of hydrogen-bond acceptors (Lipinski definition) is 6. The number of carbonyl (C=O) groups is 1. The molecule has 1 aliphatic rings. The van der Waals surface area contributed by atoms with Gasteiger partial charge in [0.2, 0.25) is 0 Å². The summed E-state index contributed by atoms with van der Waals surface area (Å²) in [7, 11) is 0. The summed E-state index contributed by atoms with van der Waals surface area (Å²) in [5, 5.41) is 0.640. The Kier molecular flexibility index (Phi) is 7.51. The first-order valence-electron chi connectivity index (χ1n) is 11.9. The number of fused-ring (bicyclic) bond motifs is 1. The van der Waals surface area contributed by atoms with Crippen LogP contribution in [0.15, 0.2) is 41.2 Å². The van der Waals surface area contributed by atoms with Crippen molar-refractivity contribution < 1.29 is 18.7 Å². The van der Waals surface area contributed by atoms with E-state index in [9.17, 15) is 14.0 Å². The number of halogens is 2. The van der Waals surface area contributed by atoms with Gasteiger partial charge in [-0.25, -0.2) is 14.2 Å². The predicted molar refractivity (Wildman–Crippen MR) is 137 cm³/mol. The highest BCUT2D eigenvalue weighted by molar-refractivity contribution is 6.30. The minimum absolute atomic E-state index is 0.172. The quantitative estimate of drug-likeness (QED) is 0.492. The fourth-order valence-electron chi connectivity index (χ4n) is 4.12. The van der Waals surface area contributed by atoms with Gasteiger partial charge in [0, 0.05) is 37.3 Å². The van der Waals surface area contributed by atoms with Crippen LogP contribution >= 0.6 is 11.6 Å². The van der Waals surface area contributed by atoms with Gasteiger partial charge in [-0.05, 0) is 58.0 Å². The topological polar surface area (TPSA) is 76.9 Å². The van der Waals surface area contributed by atoms with Crippen LogP contribution in [0.2, 0.25) is 5.02 Å². The number of hydrogen-bond donors (Lipinski definition) is 0. The van der Waals surface area contributed by atoms with Gasteiger partial charge in [0.05, 0.1) is 29.7 Å². The normalized spacial score (nSPS) is 14.8. The molecular formula is C26H30ClFN4O4. The molecule has 0 spiro atoms. The average Bonchev–Trinajstić information content (AvgIpc) is 2.80. The van der Waals surface area contributed by atoms with Crippen molar-refractivity contribution in [2.45, 2.75) is 39.8 Å². The molecule has 2 heterocycles. The number of aromatic nitrogens is 2. The Bertz CT molecular complexity index is 1330. The average molecular weight is 517 g/mol. The molecule has 1 fully saturated rings. The number of carbonyl (C=O) groups excluding carboxylic acids is 1. The molecule has 1 saturated heterocycles. The van der Waals surface area contributed by atoms with E-state index in [1.807, 2.05) is 27.7 Å². The lowest BCUT2D eigenvalue weighted by Crippen LogP contribution is -2.50. The summed E-state index contributed by atoms with van der Waals surface area (Å²) < 4.78 is 26.7. The van der Waals surface area contributed by atoms with Gasteiger partial charge >= 0.3 is 6.09 Å². The van der Waals surface area contributed by atoms with Crippen LogP contribution in [0.1, 0.15) is 33.5 Å². The van der Waals surface area contributed by atoms with Crippen LogP contribution in [0, 0.1) is 5.82 Å². The molecule has 1 amide bonds. The molecule has 10 heteroatoms. The van der Waals surface area contributed by atoms with Gasteiger partial charge in [0.25, 0.3) is 5.56 Å². The van der Waals surface area contributed by atoms with Crippen LogP contribution in [0.4, 0.5) is 9.18 Å². The zero-order valence-corrected chi connectivity index (χ0v) is 21.6. The van der Waals surface area contributed by atoms with Crippen molar-refractivity contribution in [2.75, 3.05) is 32.8 Å². The Balaban J connectivity index is 1.69. The molecule has 3 aromatic rings. The van der Waals surface area contributed by atoms with E-state index < -0.39 is 17.0 Å². The van der Waals surface area contributed by atoms with Crippen LogP contribution in [0.3, 0.4) is 0 Å². The second-order valence-corrected chi connectivity index (χ2v) is 10.1. The summed E-state index contributed by atoms with van der Waals surface area (Å²) in [6, 6.07) is 9.01. The molecule has 0 N–H and O–H groups in total. The fraction of sp³-hybridized carbons (Fsp3) is 0.423. The summed E-state index contributed by atoms with van der Waals surface area (Å²) >= 11 is 6.19. The molecule has 0 unspecified atom stereocenters. The van der Waals surface area contributed by atoms with Gasteiger partial charge in [-0.1, -0.05) is 11.6 Å². The summed E-state index contributed by atoms with van der Waals surface area (Å²) in [6.07, 6.45) is -0.340. The molecule has 4 rings (SSSR count). The minimum Gasteiger partial charge on any atom is -0.492 e. The molecule has 36 heavy (non-hydrogen) atoms. The van der Waals surface area contributed by atoms with E-state index in [1.54, 1.807) is 23.1 Å². The Morgan fingerprint density at radius 3 is 2.50 bits per heavy atom. The highest BCUT2D eigenvalue weighted by atomic mass is 35.5. The van der Waals surface area contributed by atoms with E-state index in [1.165, 1.54) is 22.8 Å². The van der Waals surface area contributed by atoms with E-state index >= 15 is 0 Å². The van der Waals surface area contributed by atoms with Crippen molar-refractivity contribution in [1.29, 1.82) is 0 Å². The zero-order valence-electron chi connectivity index (χ0n) is 20.9. The molecular weight excluding hydrogens is 487 g/mol. The van der Waals surface area contributed by atoms with Crippen molar-refractivity contribution in [3.8, 4) is 11.4 Å². The first-order valence-corrected chi connectivity index (χ1v) is 12.3. The molecule has 0 atom stereocenters. The maximum atomic E-state index is 14.0. The number of benzene rings is 2. The Hall–Kier alpha value is -3.17. The molecule has 0 saturated carbocycles. The van der Waals surface area contributed by atoms with Crippen LogP contribution in [-0.4, -0.2) is 63.8 Å². The van der Waals surface area contributed by atoms with Crippen molar-refractivity contribution in [2.24, 2.45) is 0 Å². The first-order chi connectivity index (χ1) is 17.1. The number of nitrogens with zero attached hydrogens (tertiary/aromatic N) is 4. The highest BCUT2D eigenvalue weighted by Gasteiger charge is 2.27. The summed E-state index contributed by atoms with van der Waals surface area (Å²) in [4.78, 5) is 34.6. The number of amides is 1. The lowest BCUT2D eigenvalue weighted by molar-refractivity contribution is 0.0136. The lowest BCUT2D eigenvalue weighted by Gasteiger charge is -2.35. The highest BCUT2D eigenvalue weighted by Crippen LogP contribution is 2.28. The van der Waals surface area contributed by atoms with Gasteiger partial charge in [0.15, 0.2) is 0 Å². The second-order valence-electron chi connectivity index (χ2n) is 9.62. The maximum absolute atomic E-state index is 14.0. The smallest absolute Gasteiger partial charge is 0.410 e. The number of rotatable bonds is 5. The Labute approximate surface area is 214 Å². The Morgan fingerprint density at radius 1 is 1.11 bits per heavy atom. The van der Waals surface area contributed by atoms with Crippen LogP contribution in [0.25, 0.3) is 16.6 Å². The van der Waals surface area contributed by atoms with E-state index in [2.05, 4.69) is 4.90 Å². The maximum Gasteiger partial charge on any atom is 0.410 e. The van der Waals surface area contributed by atoms with E-state index in [-0.39, 0.29) is 11.5 Å². The van der Waals surface area contributed by atoms with Crippen molar-refractivity contribution >= 4 is 28.6 Å². The molecule has 2 aromatic carbocycles. The largest absolute Gasteiger partial charge is 0.492 e. The molecule has 0 bridgehead atoms. The third kappa shape index (κ3) is 5.79. The zero-order chi connectivity index (χ0) is 26.0. The van der Waals surface area contributed by atoms with Gasteiger partial charge in [0.1, 0.15) is 23.0 Å². The third-order valence-electron chi connectivity index (χ3n) is 5.75. The van der Waals surface area contributed by atoms with E-state index in [4.69, 9.17) is 26.1 Å². The van der Waals surface area contributed by atoms with Crippen LogP contribution in [-0.2, 0) is 11.3 Å². The van der Waals surface area contributed by atoms with Crippen molar-refractivity contribution in [3.05, 3.63) is 63.4 Å². The SMILES string of the molecule is CCOc1cc(Cl)ccc1-n1c(CN2CCN(C(=O)OC(C)(C)C)CC2)nc2ccc(F)cc2c1=O. The monoisotopic (exact) mass is 516 g/mol. The second kappa shape index (κ2) is 10.4. The van der Waals surface area contributed by atoms with Crippen molar-refractivity contribution in [3.63, 3.8) is 0 Å². The van der Waals surface area contributed by atoms with Gasteiger partial charge in [-0.15, -0.1) is 0 Å². The van der Waals surface area contributed by atoms with Crippen molar-refractivity contribution in [1.82, 2.24) is 19.4 Å². The first kappa shape index (κ1) is 25.9. The summed E-state index contributed by atoms with van der Waals surface area (Å²) in [5.41, 5.74) is -0.0697. The molecule has 0 radical (unpaired) electrons. The van der Waals surface area contributed by atoms with Gasteiger partial charge < -0.3 is 14.4 Å². The predicted octanol–water partition coefficient (Wildman–Crippen LogP) is 4.63. The van der Waals surface area contributed by atoms with Gasteiger partial charge in [-0.2, -0.15) is 0 Å². The third-order valence-corrected chi connectivity index (χ3v) is 5.99. The minimum atomic E-state index is -0.560. The van der Waals surface area contributed by atoms with Gasteiger partial charge in [-0.3, -0.25) is 14.3 Å². The van der Waals surface area contributed by atoms with E-state index in [0.29, 0.717) is 67.1 Å². The molecule has 1 aromatic heterocycles. The summed E-state index contributed by atoms with van der Waals surface area (Å²) in [6.45, 7) is 10.2. The number of piperazine rings is 1. The Morgan fingerprint density at radius 2 is 1.83 bits per heavy atom. The molecule has 1 aliphatic heterocycles. The number of ether oxygens (including phenoxy) is 2. The van der Waals surface area contributed by atoms with Crippen LogP contribution in [0.5, 0.6) is 5.75 Å². The summed E-state index contributed by atoms with van der Waals surface area (Å²) in [5.74, 6) is 0.397. The van der Waals surface area contributed by atoms with E-state index in [0.717, 1.165) is 0 Å². The lowest BCUT2D eigenvalue weighted by atomic mass is 10.2. The molecule has 8 nitrogen and oxygen atoms in total. The standard InChI is InChI=1S/C26H30ClFN4O4/c1-5-35-22-14-17(27)6-9-21(22)32-23(29-20-8-7-18(28)15-19(20)24(32)33)16-30-10-12-31(13-11-30)25(34)36-26(2,3)4/h6-9,14-15H,5,10-13,16H2,1-4H3. The molecule has 192 valence electrons. The fourth-order valence-corrected chi connectivity index (χ4v) is 4.28.